The smallest absolute Gasteiger partial charge is 0.190 e. The van der Waals surface area contributed by atoms with Gasteiger partial charge in [0.1, 0.15) is 0 Å². The zero-order chi connectivity index (χ0) is 8.55. The van der Waals surface area contributed by atoms with Gasteiger partial charge in [-0.1, -0.05) is 0 Å². The van der Waals surface area contributed by atoms with Crippen molar-refractivity contribution >= 4 is 27.1 Å². The molecule has 0 aromatic carbocycles. The summed E-state index contributed by atoms with van der Waals surface area (Å²) in [5.41, 5.74) is 1.55. The zero-order valence-electron chi connectivity index (χ0n) is 6.03. The van der Waals surface area contributed by atoms with Crippen LogP contribution in [0.3, 0.4) is 0 Å². The molecular weight excluding hydrogens is 218 g/mol. The maximum Gasteiger partial charge on any atom is 0.190 e. The summed E-state index contributed by atoms with van der Waals surface area (Å²) in [6, 6.07) is 3.53. The molecule has 0 saturated heterocycles. The fourth-order valence-electron chi connectivity index (χ4n) is 1.01. The molecule has 0 radical (unpaired) electrons. The Labute approximate surface area is 77.6 Å². The van der Waals surface area contributed by atoms with Gasteiger partial charge >= 0.3 is 0 Å². The topological polar surface area (TPSA) is 21.7 Å². The van der Waals surface area contributed by atoms with E-state index in [1.54, 1.807) is 29.0 Å². The van der Waals surface area contributed by atoms with Gasteiger partial charge < -0.3 is 0 Å². The van der Waals surface area contributed by atoms with Crippen molar-refractivity contribution in [3.8, 4) is 0 Å². The summed E-state index contributed by atoms with van der Waals surface area (Å²) in [7, 11) is 0. The van der Waals surface area contributed by atoms with Crippen LogP contribution in [0.1, 0.15) is 0 Å². The van der Waals surface area contributed by atoms with E-state index < -0.39 is 0 Å². The van der Waals surface area contributed by atoms with Gasteiger partial charge in [-0.3, -0.25) is 0 Å². The first-order valence-corrected chi connectivity index (χ1v) is 4.11. The summed E-state index contributed by atoms with van der Waals surface area (Å²) in [4.78, 5) is 3.33. The number of rotatable bonds is 0. The highest BCUT2D eigenvalue weighted by Crippen LogP contribution is 2.21. The molecule has 12 heavy (non-hydrogen) atoms. The number of fused-ring (bicyclic) bond motifs is 1. The Morgan fingerprint density at radius 2 is 2.42 bits per heavy atom. The lowest BCUT2D eigenvalue weighted by Crippen LogP contribution is -1.82. The second-order valence-corrected chi connectivity index (χ2v) is 3.17. The standard InChI is InChI=1S/C8H4BrN3/c1-10-6-2-3-12-8(4-6)7(9)5-11-12/h2-5H. The van der Waals surface area contributed by atoms with Gasteiger partial charge in [0.05, 0.1) is 22.8 Å². The van der Waals surface area contributed by atoms with Crippen LogP contribution in [-0.4, -0.2) is 9.61 Å². The summed E-state index contributed by atoms with van der Waals surface area (Å²) >= 11 is 3.34. The van der Waals surface area contributed by atoms with E-state index in [1.165, 1.54) is 0 Å². The molecule has 2 aromatic heterocycles. The monoisotopic (exact) mass is 221 g/mol. The molecule has 0 unspecified atom stereocenters. The molecule has 0 saturated carbocycles. The van der Waals surface area contributed by atoms with E-state index >= 15 is 0 Å². The molecule has 0 atom stereocenters. The number of aromatic nitrogens is 2. The van der Waals surface area contributed by atoms with E-state index in [0.717, 1.165) is 9.99 Å². The molecule has 0 aliphatic carbocycles. The predicted octanol–water partition coefficient (Wildman–Crippen LogP) is 2.65. The highest BCUT2D eigenvalue weighted by atomic mass is 79.9. The maximum absolute atomic E-state index is 6.82. The minimum atomic E-state index is 0.628. The van der Waals surface area contributed by atoms with Crippen LogP contribution >= 0.6 is 15.9 Å². The van der Waals surface area contributed by atoms with Crippen LogP contribution < -0.4 is 0 Å². The first kappa shape index (κ1) is 7.32. The van der Waals surface area contributed by atoms with Crippen LogP contribution in [0.2, 0.25) is 0 Å². The average Bonchev–Trinajstić information content (AvgIpc) is 2.47. The summed E-state index contributed by atoms with van der Waals surface area (Å²) in [6.45, 7) is 6.82. The van der Waals surface area contributed by atoms with E-state index in [4.69, 9.17) is 6.57 Å². The molecule has 0 aliphatic rings. The van der Waals surface area contributed by atoms with Crippen molar-refractivity contribution in [2.75, 3.05) is 0 Å². The molecule has 0 N–H and O–H groups in total. The molecule has 0 amide bonds. The average molecular weight is 222 g/mol. The van der Waals surface area contributed by atoms with E-state index in [-0.39, 0.29) is 0 Å². The lowest BCUT2D eigenvalue weighted by molar-refractivity contribution is 0.962. The fourth-order valence-corrected chi connectivity index (χ4v) is 1.40. The Bertz CT molecular complexity index is 467. The Balaban J connectivity index is 2.82. The second kappa shape index (κ2) is 2.61. The largest absolute Gasteiger partial charge is 0.242 e. The quantitative estimate of drug-likeness (QED) is 0.628. The Morgan fingerprint density at radius 1 is 1.58 bits per heavy atom. The van der Waals surface area contributed by atoms with Crippen LogP contribution in [0.5, 0.6) is 0 Å². The SMILES string of the molecule is [C-]#[N+]c1ccn2ncc(Br)c2c1. The molecular formula is C8H4BrN3. The third kappa shape index (κ3) is 0.990. The van der Waals surface area contributed by atoms with Crippen molar-refractivity contribution in [3.05, 3.63) is 40.4 Å². The first-order valence-electron chi connectivity index (χ1n) is 3.31. The molecule has 2 heterocycles. The molecule has 2 aromatic rings. The van der Waals surface area contributed by atoms with Gasteiger partial charge in [-0.2, -0.15) is 5.10 Å². The molecule has 2 rings (SSSR count). The molecule has 3 nitrogen and oxygen atoms in total. The van der Waals surface area contributed by atoms with Crippen molar-refractivity contribution in [3.63, 3.8) is 0 Å². The summed E-state index contributed by atoms with van der Waals surface area (Å²) in [6.07, 6.45) is 3.48. The van der Waals surface area contributed by atoms with Gasteiger partial charge in [-0.25, -0.2) is 9.36 Å². The fraction of sp³-hybridized carbons (Fsp3) is 0. The number of hydrogen-bond donors (Lipinski definition) is 0. The van der Waals surface area contributed by atoms with Gasteiger partial charge in [0.25, 0.3) is 0 Å². The number of halogens is 1. The highest BCUT2D eigenvalue weighted by Gasteiger charge is 2.00. The third-order valence-corrected chi connectivity index (χ3v) is 2.20. The second-order valence-electron chi connectivity index (χ2n) is 2.32. The van der Waals surface area contributed by atoms with Crippen molar-refractivity contribution in [1.29, 1.82) is 0 Å². The lowest BCUT2D eigenvalue weighted by Gasteiger charge is -1.92. The van der Waals surface area contributed by atoms with Gasteiger partial charge in [0.2, 0.25) is 0 Å². The van der Waals surface area contributed by atoms with Gasteiger partial charge in [0, 0.05) is 6.20 Å². The summed E-state index contributed by atoms with van der Waals surface area (Å²) in [5.74, 6) is 0. The van der Waals surface area contributed by atoms with Crippen LogP contribution in [-0.2, 0) is 0 Å². The maximum atomic E-state index is 6.82. The number of pyridine rings is 1. The van der Waals surface area contributed by atoms with Crippen molar-refractivity contribution in [2.24, 2.45) is 0 Å². The first-order chi connectivity index (χ1) is 5.81. The highest BCUT2D eigenvalue weighted by molar-refractivity contribution is 9.10. The molecule has 4 heteroatoms. The van der Waals surface area contributed by atoms with Gasteiger partial charge in [0.15, 0.2) is 5.69 Å². The Morgan fingerprint density at radius 3 is 3.17 bits per heavy atom. The molecule has 0 bridgehead atoms. The minimum Gasteiger partial charge on any atom is -0.242 e. The molecule has 0 spiro atoms. The number of hydrogen-bond acceptors (Lipinski definition) is 1. The van der Waals surface area contributed by atoms with Crippen molar-refractivity contribution in [1.82, 2.24) is 9.61 Å². The minimum absolute atomic E-state index is 0.628. The van der Waals surface area contributed by atoms with Gasteiger partial charge in [-0.05, 0) is 28.1 Å². The Kier molecular flexibility index (Phi) is 1.59. The van der Waals surface area contributed by atoms with Crippen LogP contribution in [0.15, 0.2) is 29.0 Å². The number of nitrogens with zero attached hydrogens (tertiary/aromatic N) is 3. The van der Waals surface area contributed by atoms with E-state index in [9.17, 15) is 0 Å². The zero-order valence-corrected chi connectivity index (χ0v) is 7.62. The van der Waals surface area contributed by atoms with Crippen LogP contribution in [0.25, 0.3) is 10.4 Å². The van der Waals surface area contributed by atoms with E-state index in [0.29, 0.717) is 5.69 Å². The van der Waals surface area contributed by atoms with Crippen LogP contribution in [0.4, 0.5) is 5.69 Å². The lowest BCUT2D eigenvalue weighted by atomic mass is 10.3. The Hall–Kier alpha value is -1.34. The molecule has 0 aliphatic heterocycles. The van der Waals surface area contributed by atoms with Crippen molar-refractivity contribution in [2.45, 2.75) is 0 Å². The molecule has 0 fully saturated rings. The molecule has 58 valence electrons. The van der Waals surface area contributed by atoms with Gasteiger partial charge in [-0.15, -0.1) is 0 Å². The van der Waals surface area contributed by atoms with Crippen molar-refractivity contribution < 1.29 is 0 Å². The van der Waals surface area contributed by atoms with E-state index in [2.05, 4.69) is 25.9 Å². The summed E-state index contributed by atoms with van der Waals surface area (Å²) in [5, 5.41) is 4.06. The van der Waals surface area contributed by atoms with E-state index in [1.807, 2.05) is 0 Å². The predicted molar refractivity (Wildman–Crippen MR) is 49.2 cm³/mol. The van der Waals surface area contributed by atoms with Crippen LogP contribution in [0, 0.1) is 6.57 Å². The normalized spacial score (nSPS) is 10.0. The summed E-state index contributed by atoms with van der Waals surface area (Å²) < 4.78 is 2.63. The third-order valence-electron chi connectivity index (χ3n) is 1.59.